The summed E-state index contributed by atoms with van der Waals surface area (Å²) in [6.45, 7) is 1.84. The monoisotopic (exact) mass is 428 g/mol. The standard InChI is InChI=1S/C21H17ClN2O4S/c1-14-3-2-4-17(11-14)23-21(25)28-13-15-5-10-20(19(12-15)24(26)27)29-18-8-6-16(22)7-9-18/h2-12H,13H2,1H3,(H,23,25). The van der Waals surface area contributed by atoms with Crippen molar-refractivity contribution in [2.45, 2.75) is 23.3 Å². The number of amides is 1. The van der Waals surface area contributed by atoms with E-state index in [1.807, 2.05) is 25.1 Å². The predicted octanol–water partition coefficient (Wildman–Crippen LogP) is 6.46. The van der Waals surface area contributed by atoms with Crippen molar-refractivity contribution in [2.24, 2.45) is 0 Å². The highest BCUT2D eigenvalue weighted by Crippen LogP contribution is 2.35. The van der Waals surface area contributed by atoms with Crippen LogP contribution in [0.25, 0.3) is 0 Å². The fourth-order valence-electron chi connectivity index (χ4n) is 2.54. The average Bonchev–Trinajstić information content (AvgIpc) is 2.69. The van der Waals surface area contributed by atoms with E-state index in [0.717, 1.165) is 10.5 Å². The number of nitrogens with one attached hydrogen (secondary N) is 1. The van der Waals surface area contributed by atoms with Crippen LogP contribution < -0.4 is 5.32 Å². The summed E-state index contributed by atoms with van der Waals surface area (Å²) in [6.07, 6.45) is -0.627. The molecular weight excluding hydrogens is 412 g/mol. The normalized spacial score (nSPS) is 10.4. The van der Waals surface area contributed by atoms with Gasteiger partial charge in [-0.05, 0) is 60.5 Å². The van der Waals surface area contributed by atoms with Gasteiger partial charge in [0.25, 0.3) is 5.69 Å². The highest BCUT2D eigenvalue weighted by atomic mass is 35.5. The second-order valence-corrected chi connectivity index (χ2v) is 7.74. The van der Waals surface area contributed by atoms with E-state index in [0.29, 0.717) is 21.2 Å². The van der Waals surface area contributed by atoms with Gasteiger partial charge in [-0.25, -0.2) is 4.79 Å². The number of hydrogen-bond donors (Lipinski definition) is 1. The number of nitrogens with zero attached hydrogens (tertiary/aromatic N) is 1. The molecule has 0 aliphatic heterocycles. The third kappa shape index (κ3) is 5.97. The maximum atomic E-state index is 12.0. The molecule has 1 N–H and O–H groups in total. The van der Waals surface area contributed by atoms with Crippen LogP contribution in [0, 0.1) is 17.0 Å². The third-order valence-corrected chi connectivity index (χ3v) is 5.22. The SMILES string of the molecule is Cc1cccc(NC(=O)OCc2ccc(Sc3ccc(Cl)cc3)c([N+](=O)[O-])c2)c1. The number of anilines is 1. The molecule has 6 nitrogen and oxygen atoms in total. The molecule has 0 aromatic heterocycles. The van der Waals surface area contributed by atoms with Crippen LogP contribution in [0.5, 0.6) is 0 Å². The Kier molecular flexibility index (Phi) is 6.74. The van der Waals surface area contributed by atoms with E-state index in [1.165, 1.54) is 17.8 Å². The molecule has 148 valence electrons. The topological polar surface area (TPSA) is 81.5 Å². The fraction of sp³-hybridized carbons (Fsp3) is 0.0952. The number of benzene rings is 3. The number of nitro groups is 1. The Balaban J connectivity index is 1.67. The number of carbonyl (C=O) groups excluding carboxylic acids is 1. The first-order valence-corrected chi connectivity index (χ1v) is 9.81. The maximum Gasteiger partial charge on any atom is 0.411 e. The minimum absolute atomic E-state index is 0.0508. The van der Waals surface area contributed by atoms with E-state index in [4.69, 9.17) is 16.3 Å². The van der Waals surface area contributed by atoms with Gasteiger partial charge in [0.2, 0.25) is 0 Å². The lowest BCUT2D eigenvalue weighted by Gasteiger charge is -2.09. The quantitative estimate of drug-likeness (QED) is 0.360. The van der Waals surface area contributed by atoms with Crippen LogP contribution in [0.2, 0.25) is 5.02 Å². The van der Waals surface area contributed by atoms with E-state index in [-0.39, 0.29) is 12.3 Å². The van der Waals surface area contributed by atoms with E-state index < -0.39 is 11.0 Å². The second-order valence-electron chi connectivity index (χ2n) is 6.19. The van der Waals surface area contributed by atoms with E-state index in [9.17, 15) is 14.9 Å². The number of rotatable bonds is 6. The number of aryl methyl sites for hydroxylation is 1. The van der Waals surface area contributed by atoms with Crippen molar-refractivity contribution >= 4 is 40.8 Å². The summed E-state index contributed by atoms with van der Waals surface area (Å²) in [4.78, 5) is 24.3. The smallest absolute Gasteiger partial charge is 0.411 e. The van der Waals surface area contributed by atoms with E-state index >= 15 is 0 Å². The van der Waals surface area contributed by atoms with Crippen LogP contribution in [-0.4, -0.2) is 11.0 Å². The van der Waals surface area contributed by atoms with Crippen LogP contribution >= 0.6 is 23.4 Å². The Morgan fingerprint density at radius 3 is 2.59 bits per heavy atom. The summed E-state index contributed by atoms with van der Waals surface area (Å²) in [5.74, 6) is 0. The predicted molar refractivity (Wildman–Crippen MR) is 114 cm³/mol. The van der Waals surface area contributed by atoms with E-state index in [2.05, 4.69) is 5.32 Å². The first-order chi connectivity index (χ1) is 13.9. The second kappa shape index (κ2) is 9.45. The van der Waals surface area contributed by atoms with Crippen molar-refractivity contribution in [1.29, 1.82) is 0 Å². The summed E-state index contributed by atoms with van der Waals surface area (Å²) in [7, 11) is 0. The van der Waals surface area contributed by atoms with Gasteiger partial charge in [-0.3, -0.25) is 15.4 Å². The molecule has 0 saturated carbocycles. The lowest BCUT2D eigenvalue weighted by Crippen LogP contribution is -2.13. The first-order valence-electron chi connectivity index (χ1n) is 8.62. The summed E-state index contributed by atoms with van der Waals surface area (Å²) in [6, 6.07) is 19.1. The van der Waals surface area contributed by atoms with Crippen molar-refractivity contribution in [3.63, 3.8) is 0 Å². The minimum atomic E-state index is -0.627. The van der Waals surface area contributed by atoms with Crippen LogP contribution in [-0.2, 0) is 11.3 Å². The highest BCUT2D eigenvalue weighted by molar-refractivity contribution is 7.99. The Morgan fingerprint density at radius 2 is 1.90 bits per heavy atom. The first kappa shape index (κ1) is 20.7. The zero-order chi connectivity index (χ0) is 20.8. The zero-order valence-corrected chi connectivity index (χ0v) is 17.0. The molecule has 29 heavy (non-hydrogen) atoms. The molecule has 8 heteroatoms. The third-order valence-electron chi connectivity index (χ3n) is 3.90. The van der Waals surface area contributed by atoms with E-state index in [1.54, 1.807) is 42.5 Å². The Morgan fingerprint density at radius 1 is 1.14 bits per heavy atom. The van der Waals surface area contributed by atoms with Gasteiger partial charge in [-0.15, -0.1) is 0 Å². The highest BCUT2D eigenvalue weighted by Gasteiger charge is 2.16. The molecule has 0 spiro atoms. The van der Waals surface area contributed by atoms with Crippen LogP contribution in [0.15, 0.2) is 76.5 Å². The lowest BCUT2D eigenvalue weighted by atomic mass is 10.2. The molecule has 0 fully saturated rings. The number of ether oxygens (including phenoxy) is 1. The van der Waals surface area contributed by atoms with Crippen molar-refractivity contribution in [3.8, 4) is 0 Å². The molecule has 0 bridgehead atoms. The Labute approximate surface area is 177 Å². The molecule has 0 atom stereocenters. The molecule has 3 rings (SSSR count). The summed E-state index contributed by atoms with van der Waals surface area (Å²) >= 11 is 7.14. The lowest BCUT2D eigenvalue weighted by molar-refractivity contribution is -0.387. The van der Waals surface area contributed by atoms with Crippen molar-refractivity contribution in [3.05, 3.63) is 93.0 Å². The molecule has 3 aromatic rings. The van der Waals surface area contributed by atoms with Gasteiger partial charge in [0.15, 0.2) is 0 Å². The molecular formula is C21H17ClN2O4S. The van der Waals surface area contributed by atoms with Crippen molar-refractivity contribution in [1.82, 2.24) is 0 Å². The number of nitro benzene ring substituents is 1. The van der Waals surface area contributed by atoms with Gasteiger partial charge in [0.05, 0.1) is 9.82 Å². The summed E-state index contributed by atoms with van der Waals surface area (Å²) in [5.41, 5.74) is 2.10. The molecule has 3 aromatic carbocycles. The molecule has 0 aliphatic rings. The molecule has 0 unspecified atom stereocenters. The molecule has 0 radical (unpaired) electrons. The van der Waals surface area contributed by atoms with Gasteiger partial charge in [0.1, 0.15) is 6.61 Å². The Hall–Kier alpha value is -3.03. The fourth-order valence-corrected chi connectivity index (χ4v) is 3.56. The summed E-state index contributed by atoms with van der Waals surface area (Å²) < 4.78 is 5.18. The number of halogens is 1. The molecule has 0 aliphatic carbocycles. The molecule has 0 saturated heterocycles. The summed E-state index contributed by atoms with van der Waals surface area (Å²) in [5, 5.41) is 14.7. The van der Waals surface area contributed by atoms with Crippen LogP contribution in [0.1, 0.15) is 11.1 Å². The minimum Gasteiger partial charge on any atom is -0.444 e. The Bertz CT molecular complexity index is 1040. The van der Waals surface area contributed by atoms with Crippen LogP contribution in [0.4, 0.5) is 16.2 Å². The number of carbonyl (C=O) groups is 1. The van der Waals surface area contributed by atoms with Gasteiger partial charge < -0.3 is 4.74 Å². The van der Waals surface area contributed by atoms with Gasteiger partial charge >= 0.3 is 6.09 Å². The number of hydrogen-bond acceptors (Lipinski definition) is 5. The largest absolute Gasteiger partial charge is 0.444 e. The van der Waals surface area contributed by atoms with Crippen molar-refractivity contribution < 1.29 is 14.5 Å². The van der Waals surface area contributed by atoms with Crippen molar-refractivity contribution in [2.75, 3.05) is 5.32 Å². The maximum absolute atomic E-state index is 12.0. The molecule has 1 amide bonds. The molecule has 0 heterocycles. The van der Waals surface area contributed by atoms with Gasteiger partial charge in [-0.1, -0.05) is 41.6 Å². The van der Waals surface area contributed by atoms with Gasteiger partial charge in [-0.2, -0.15) is 0 Å². The zero-order valence-electron chi connectivity index (χ0n) is 15.4. The average molecular weight is 429 g/mol. The van der Waals surface area contributed by atoms with Gasteiger partial charge in [0, 0.05) is 21.7 Å². The van der Waals surface area contributed by atoms with Crippen LogP contribution in [0.3, 0.4) is 0 Å².